The molecule has 2 heterocycles. The minimum absolute atomic E-state index is 0.305. The van der Waals surface area contributed by atoms with Gasteiger partial charge in [-0.1, -0.05) is 33.1 Å². The first kappa shape index (κ1) is 15.1. The van der Waals surface area contributed by atoms with E-state index in [0.717, 1.165) is 12.3 Å². The Balaban J connectivity index is 1.67. The molecule has 2 aliphatic rings. The number of nitrogens with zero attached hydrogens (tertiary/aromatic N) is 2. The van der Waals surface area contributed by atoms with Crippen LogP contribution in [0.1, 0.15) is 76.9 Å². The molecule has 1 atom stereocenters. The van der Waals surface area contributed by atoms with Crippen LogP contribution in [0.3, 0.4) is 0 Å². The molecule has 1 saturated heterocycles. The van der Waals surface area contributed by atoms with E-state index in [4.69, 9.17) is 5.10 Å². The van der Waals surface area contributed by atoms with Crippen LogP contribution < -0.4 is 5.32 Å². The van der Waals surface area contributed by atoms with Crippen LogP contribution in [0.25, 0.3) is 0 Å². The SMILES string of the molecule is CC(C)CC1(Cc2ccn(C3CCCCC3)n2)CCCN1. The van der Waals surface area contributed by atoms with E-state index < -0.39 is 0 Å². The summed E-state index contributed by atoms with van der Waals surface area (Å²) in [4.78, 5) is 0. The molecule has 1 unspecified atom stereocenters. The zero-order valence-electron chi connectivity index (χ0n) is 13.8. The lowest BCUT2D eigenvalue weighted by Gasteiger charge is -2.31. The Kier molecular flexibility index (Phi) is 4.68. The van der Waals surface area contributed by atoms with Gasteiger partial charge in [-0.15, -0.1) is 0 Å². The molecule has 21 heavy (non-hydrogen) atoms. The summed E-state index contributed by atoms with van der Waals surface area (Å²) in [5.74, 6) is 0.746. The summed E-state index contributed by atoms with van der Waals surface area (Å²) in [6.07, 6.45) is 14.0. The summed E-state index contributed by atoms with van der Waals surface area (Å²) < 4.78 is 2.26. The molecular weight excluding hydrogens is 258 g/mol. The molecule has 0 radical (unpaired) electrons. The average molecular weight is 289 g/mol. The van der Waals surface area contributed by atoms with Gasteiger partial charge in [-0.05, 0) is 50.6 Å². The first-order chi connectivity index (χ1) is 10.2. The third-order valence-corrected chi connectivity index (χ3v) is 5.26. The van der Waals surface area contributed by atoms with Gasteiger partial charge >= 0.3 is 0 Å². The highest BCUT2D eigenvalue weighted by molar-refractivity contribution is 5.09. The molecule has 118 valence electrons. The molecule has 3 nitrogen and oxygen atoms in total. The van der Waals surface area contributed by atoms with Crippen molar-refractivity contribution in [2.45, 2.75) is 83.2 Å². The molecule has 1 aliphatic carbocycles. The number of rotatable bonds is 5. The van der Waals surface area contributed by atoms with Crippen LogP contribution in [-0.4, -0.2) is 21.9 Å². The van der Waals surface area contributed by atoms with Crippen molar-refractivity contribution in [3.63, 3.8) is 0 Å². The molecule has 3 heteroatoms. The lowest BCUT2D eigenvalue weighted by atomic mass is 9.83. The third kappa shape index (κ3) is 3.68. The fraction of sp³-hybridized carbons (Fsp3) is 0.833. The molecule has 1 saturated carbocycles. The van der Waals surface area contributed by atoms with Gasteiger partial charge in [0.1, 0.15) is 0 Å². The highest BCUT2D eigenvalue weighted by Gasteiger charge is 2.34. The molecule has 1 aliphatic heterocycles. The Morgan fingerprint density at radius 3 is 2.76 bits per heavy atom. The number of nitrogens with one attached hydrogen (secondary N) is 1. The number of aromatic nitrogens is 2. The first-order valence-electron chi connectivity index (χ1n) is 8.96. The predicted molar refractivity (Wildman–Crippen MR) is 87.5 cm³/mol. The molecule has 1 aromatic heterocycles. The molecule has 3 rings (SSSR count). The maximum absolute atomic E-state index is 4.93. The first-order valence-corrected chi connectivity index (χ1v) is 8.96. The maximum atomic E-state index is 4.93. The predicted octanol–water partition coefficient (Wildman–Crippen LogP) is 4.10. The summed E-state index contributed by atoms with van der Waals surface area (Å²) >= 11 is 0. The second kappa shape index (κ2) is 6.51. The number of hydrogen-bond acceptors (Lipinski definition) is 2. The minimum Gasteiger partial charge on any atom is -0.311 e. The quantitative estimate of drug-likeness (QED) is 0.884. The van der Waals surface area contributed by atoms with Gasteiger partial charge in [-0.3, -0.25) is 4.68 Å². The zero-order valence-corrected chi connectivity index (χ0v) is 13.8. The summed E-state index contributed by atoms with van der Waals surface area (Å²) in [6.45, 7) is 5.85. The summed E-state index contributed by atoms with van der Waals surface area (Å²) in [7, 11) is 0. The molecule has 0 spiro atoms. The Morgan fingerprint density at radius 1 is 1.29 bits per heavy atom. The van der Waals surface area contributed by atoms with E-state index >= 15 is 0 Å². The highest BCUT2D eigenvalue weighted by atomic mass is 15.3. The average Bonchev–Trinajstić information content (AvgIpc) is 3.09. The summed E-state index contributed by atoms with van der Waals surface area (Å²) in [6, 6.07) is 2.92. The van der Waals surface area contributed by atoms with Crippen molar-refractivity contribution in [1.29, 1.82) is 0 Å². The van der Waals surface area contributed by atoms with Crippen molar-refractivity contribution in [2.75, 3.05) is 6.54 Å². The highest BCUT2D eigenvalue weighted by Crippen LogP contribution is 2.31. The van der Waals surface area contributed by atoms with E-state index in [1.54, 1.807) is 0 Å². The maximum Gasteiger partial charge on any atom is 0.0643 e. The Hall–Kier alpha value is -0.830. The molecule has 0 aromatic carbocycles. The van der Waals surface area contributed by atoms with E-state index in [-0.39, 0.29) is 0 Å². The normalized spacial score (nSPS) is 27.6. The van der Waals surface area contributed by atoms with Gasteiger partial charge in [0.05, 0.1) is 11.7 Å². The smallest absolute Gasteiger partial charge is 0.0643 e. The van der Waals surface area contributed by atoms with Crippen molar-refractivity contribution < 1.29 is 0 Å². The van der Waals surface area contributed by atoms with Gasteiger partial charge < -0.3 is 5.32 Å². The van der Waals surface area contributed by atoms with E-state index in [0.29, 0.717) is 11.6 Å². The van der Waals surface area contributed by atoms with Crippen molar-refractivity contribution in [3.8, 4) is 0 Å². The van der Waals surface area contributed by atoms with Crippen molar-refractivity contribution >= 4 is 0 Å². The fourth-order valence-electron chi connectivity index (χ4n) is 4.41. The van der Waals surface area contributed by atoms with Gasteiger partial charge in [-0.25, -0.2) is 0 Å². The lowest BCUT2D eigenvalue weighted by Crippen LogP contribution is -2.43. The van der Waals surface area contributed by atoms with Crippen LogP contribution in [-0.2, 0) is 6.42 Å². The van der Waals surface area contributed by atoms with Crippen LogP contribution in [0.4, 0.5) is 0 Å². The molecule has 0 amide bonds. The van der Waals surface area contributed by atoms with Crippen LogP contribution in [0.5, 0.6) is 0 Å². The monoisotopic (exact) mass is 289 g/mol. The van der Waals surface area contributed by atoms with Gasteiger partial charge in [0.2, 0.25) is 0 Å². The van der Waals surface area contributed by atoms with E-state index in [2.05, 4.69) is 36.1 Å². The molecule has 1 aromatic rings. The zero-order chi connectivity index (χ0) is 14.7. The number of hydrogen-bond donors (Lipinski definition) is 1. The fourth-order valence-corrected chi connectivity index (χ4v) is 4.41. The molecule has 1 N–H and O–H groups in total. The van der Waals surface area contributed by atoms with Crippen molar-refractivity contribution in [3.05, 3.63) is 18.0 Å². The van der Waals surface area contributed by atoms with Gasteiger partial charge in [0, 0.05) is 18.2 Å². The Labute approximate surface area is 129 Å². The largest absolute Gasteiger partial charge is 0.311 e. The third-order valence-electron chi connectivity index (χ3n) is 5.26. The standard InChI is InChI=1S/C18H31N3/c1-15(2)13-18(10-6-11-19-18)14-16-9-12-21(20-16)17-7-4-3-5-8-17/h9,12,15,17,19H,3-8,10-11,13-14H2,1-2H3. The van der Waals surface area contributed by atoms with Crippen LogP contribution in [0, 0.1) is 5.92 Å². The second-order valence-electron chi connectivity index (χ2n) is 7.66. The Bertz CT molecular complexity index is 437. The van der Waals surface area contributed by atoms with Crippen LogP contribution >= 0.6 is 0 Å². The van der Waals surface area contributed by atoms with E-state index in [1.807, 2.05) is 0 Å². The van der Waals surface area contributed by atoms with Gasteiger partial charge in [0.15, 0.2) is 0 Å². The van der Waals surface area contributed by atoms with Gasteiger partial charge in [-0.2, -0.15) is 5.10 Å². The molecule has 2 fully saturated rings. The van der Waals surface area contributed by atoms with Gasteiger partial charge in [0.25, 0.3) is 0 Å². The second-order valence-corrected chi connectivity index (χ2v) is 7.66. The van der Waals surface area contributed by atoms with Crippen molar-refractivity contribution in [1.82, 2.24) is 15.1 Å². The minimum atomic E-state index is 0.305. The van der Waals surface area contributed by atoms with E-state index in [9.17, 15) is 0 Å². The van der Waals surface area contributed by atoms with Crippen molar-refractivity contribution in [2.24, 2.45) is 5.92 Å². The molecular formula is C18H31N3. The Morgan fingerprint density at radius 2 is 2.10 bits per heavy atom. The van der Waals surface area contributed by atoms with Crippen LogP contribution in [0.2, 0.25) is 0 Å². The summed E-state index contributed by atoms with van der Waals surface area (Å²) in [5.41, 5.74) is 1.59. The van der Waals surface area contributed by atoms with Crippen LogP contribution in [0.15, 0.2) is 12.3 Å². The van der Waals surface area contributed by atoms with E-state index in [1.165, 1.54) is 63.6 Å². The topological polar surface area (TPSA) is 29.9 Å². The summed E-state index contributed by atoms with van der Waals surface area (Å²) in [5, 5.41) is 8.72. The molecule has 0 bridgehead atoms. The lowest BCUT2D eigenvalue weighted by molar-refractivity contribution is 0.294.